The summed E-state index contributed by atoms with van der Waals surface area (Å²) in [5, 5.41) is 8.22. The normalized spacial score (nSPS) is 9.67. The Labute approximate surface area is 69.6 Å². The molecular weight excluding hydrogens is 164 g/mol. The van der Waals surface area contributed by atoms with Crippen LogP contribution in [-0.2, 0) is 14.4 Å². The molecular formula is C6H12N2O4. The van der Waals surface area contributed by atoms with Gasteiger partial charge in [-0.25, -0.2) is 5.48 Å². The van der Waals surface area contributed by atoms with E-state index in [1.54, 1.807) is 0 Å². The standard InChI is InChI=1S/C6H12N2O4/c7-5(9)4-12-8-3-1-2-6(10)11/h8H,1-4H2,(H2,7,9)(H,10,11). The SMILES string of the molecule is NC(=O)CONCCCC(=O)O. The summed E-state index contributed by atoms with van der Waals surface area (Å²) >= 11 is 0. The summed E-state index contributed by atoms with van der Waals surface area (Å²) in [6.07, 6.45) is 0.529. The van der Waals surface area contributed by atoms with E-state index in [1.807, 2.05) is 0 Å². The molecule has 0 aliphatic heterocycles. The fourth-order valence-electron chi connectivity index (χ4n) is 0.506. The first kappa shape index (κ1) is 10.9. The fraction of sp³-hybridized carbons (Fsp3) is 0.667. The van der Waals surface area contributed by atoms with Crippen LogP contribution in [0.2, 0.25) is 0 Å². The van der Waals surface area contributed by atoms with Gasteiger partial charge in [-0.05, 0) is 6.42 Å². The summed E-state index contributed by atoms with van der Waals surface area (Å²) in [5.41, 5.74) is 7.17. The van der Waals surface area contributed by atoms with Crippen LogP contribution < -0.4 is 11.2 Å². The van der Waals surface area contributed by atoms with Crippen LogP contribution in [0.4, 0.5) is 0 Å². The van der Waals surface area contributed by atoms with E-state index in [4.69, 9.17) is 10.8 Å². The lowest BCUT2D eigenvalue weighted by Gasteiger charge is -2.01. The molecule has 0 aliphatic carbocycles. The molecule has 0 aromatic rings. The minimum Gasteiger partial charge on any atom is -0.481 e. The van der Waals surface area contributed by atoms with E-state index in [0.717, 1.165) is 0 Å². The van der Waals surface area contributed by atoms with Gasteiger partial charge in [-0.15, -0.1) is 0 Å². The lowest BCUT2D eigenvalue weighted by atomic mass is 10.3. The minimum atomic E-state index is -0.855. The topological polar surface area (TPSA) is 102 Å². The van der Waals surface area contributed by atoms with Gasteiger partial charge in [0.2, 0.25) is 5.91 Å². The predicted molar refractivity (Wildman–Crippen MR) is 40.0 cm³/mol. The van der Waals surface area contributed by atoms with E-state index in [0.29, 0.717) is 13.0 Å². The number of hydroxylamine groups is 1. The van der Waals surface area contributed by atoms with Crippen molar-refractivity contribution in [3.8, 4) is 0 Å². The van der Waals surface area contributed by atoms with Gasteiger partial charge >= 0.3 is 5.97 Å². The second-order valence-electron chi connectivity index (χ2n) is 2.15. The van der Waals surface area contributed by atoms with Gasteiger partial charge in [-0.2, -0.15) is 0 Å². The number of carbonyl (C=O) groups is 2. The molecule has 0 saturated carbocycles. The molecule has 0 fully saturated rings. The number of nitrogens with one attached hydrogen (secondary N) is 1. The lowest BCUT2D eigenvalue weighted by Crippen LogP contribution is -2.25. The van der Waals surface area contributed by atoms with Crippen molar-refractivity contribution in [1.82, 2.24) is 5.48 Å². The maximum Gasteiger partial charge on any atom is 0.303 e. The summed E-state index contributed by atoms with van der Waals surface area (Å²) < 4.78 is 0. The Hall–Kier alpha value is -1.14. The van der Waals surface area contributed by atoms with Crippen LogP contribution in [0.15, 0.2) is 0 Å². The quantitative estimate of drug-likeness (QED) is 0.336. The number of carbonyl (C=O) groups excluding carboxylic acids is 1. The number of hydrogen-bond acceptors (Lipinski definition) is 4. The molecule has 70 valence electrons. The molecule has 12 heavy (non-hydrogen) atoms. The van der Waals surface area contributed by atoms with Crippen LogP contribution >= 0.6 is 0 Å². The fourth-order valence-corrected chi connectivity index (χ4v) is 0.506. The smallest absolute Gasteiger partial charge is 0.303 e. The van der Waals surface area contributed by atoms with Gasteiger partial charge in [-0.1, -0.05) is 0 Å². The molecule has 0 aliphatic rings. The molecule has 0 aromatic heterocycles. The van der Waals surface area contributed by atoms with Crippen molar-refractivity contribution < 1.29 is 19.5 Å². The minimum absolute atomic E-state index is 0.0763. The zero-order valence-electron chi connectivity index (χ0n) is 6.58. The average Bonchev–Trinajstić information content (AvgIpc) is 1.95. The molecule has 6 nitrogen and oxygen atoms in total. The predicted octanol–water partition coefficient (Wildman–Crippen LogP) is -1.14. The molecule has 0 rings (SSSR count). The largest absolute Gasteiger partial charge is 0.481 e. The molecule has 0 saturated heterocycles. The highest BCUT2D eigenvalue weighted by Crippen LogP contribution is 1.85. The third-order valence-electron chi connectivity index (χ3n) is 0.986. The Balaban J connectivity index is 3.01. The Morgan fingerprint density at radius 2 is 2.17 bits per heavy atom. The first-order chi connectivity index (χ1) is 5.63. The highest BCUT2D eigenvalue weighted by Gasteiger charge is 1.96. The average molecular weight is 176 g/mol. The summed E-state index contributed by atoms with van der Waals surface area (Å²) in [6.45, 7) is 0.187. The van der Waals surface area contributed by atoms with Crippen molar-refractivity contribution in [3.63, 3.8) is 0 Å². The van der Waals surface area contributed by atoms with Crippen LogP contribution in [0, 0.1) is 0 Å². The number of primary amides is 1. The van der Waals surface area contributed by atoms with E-state index in [9.17, 15) is 9.59 Å². The second-order valence-corrected chi connectivity index (χ2v) is 2.15. The summed E-state index contributed by atoms with van der Waals surface area (Å²) in [6, 6.07) is 0. The van der Waals surface area contributed by atoms with Crippen molar-refractivity contribution in [1.29, 1.82) is 0 Å². The molecule has 6 heteroatoms. The Morgan fingerprint density at radius 3 is 2.67 bits per heavy atom. The van der Waals surface area contributed by atoms with Crippen LogP contribution in [0.5, 0.6) is 0 Å². The molecule has 0 heterocycles. The highest BCUT2D eigenvalue weighted by atomic mass is 16.6. The number of aliphatic carboxylic acids is 1. The van der Waals surface area contributed by atoms with E-state index in [2.05, 4.69) is 10.3 Å². The number of hydrogen-bond donors (Lipinski definition) is 3. The maximum atomic E-state index is 10.1. The number of carboxylic acids is 1. The molecule has 0 unspecified atom stereocenters. The van der Waals surface area contributed by atoms with E-state index in [1.165, 1.54) is 0 Å². The molecule has 0 spiro atoms. The number of amides is 1. The van der Waals surface area contributed by atoms with Gasteiger partial charge in [0.1, 0.15) is 6.61 Å². The summed E-state index contributed by atoms with van der Waals surface area (Å²) in [7, 11) is 0. The van der Waals surface area contributed by atoms with Crippen molar-refractivity contribution >= 4 is 11.9 Å². The van der Waals surface area contributed by atoms with Crippen molar-refractivity contribution in [2.45, 2.75) is 12.8 Å². The van der Waals surface area contributed by atoms with Gasteiger partial charge in [0.15, 0.2) is 0 Å². The van der Waals surface area contributed by atoms with E-state index < -0.39 is 11.9 Å². The zero-order chi connectivity index (χ0) is 9.40. The van der Waals surface area contributed by atoms with Crippen molar-refractivity contribution in [3.05, 3.63) is 0 Å². The Bertz CT molecular complexity index is 142. The van der Waals surface area contributed by atoms with Gasteiger partial charge in [0.05, 0.1) is 0 Å². The van der Waals surface area contributed by atoms with E-state index >= 15 is 0 Å². The first-order valence-electron chi connectivity index (χ1n) is 3.47. The molecule has 0 atom stereocenters. The van der Waals surface area contributed by atoms with Crippen LogP contribution in [-0.4, -0.2) is 30.1 Å². The molecule has 0 bridgehead atoms. The lowest BCUT2D eigenvalue weighted by molar-refractivity contribution is -0.137. The van der Waals surface area contributed by atoms with E-state index in [-0.39, 0.29) is 13.0 Å². The monoisotopic (exact) mass is 176 g/mol. The number of nitrogens with two attached hydrogens (primary N) is 1. The second kappa shape index (κ2) is 6.56. The highest BCUT2D eigenvalue weighted by molar-refractivity contribution is 5.74. The molecule has 4 N–H and O–H groups in total. The molecule has 1 amide bonds. The van der Waals surface area contributed by atoms with Crippen molar-refractivity contribution in [2.24, 2.45) is 5.73 Å². The van der Waals surface area contributed by atoms with Crippen LogP contribution in [0.3, 0.4) is 0 Å². The number of rotatable bonds is 7. The van der Waals surface area contributed by atoms with Gasteiger partial charge in [0.25, 0.3) is 0 Å². The molecule has 0 aromatic carbocycles. The molecule has 0 radical (unpaired) electrons. The summed E-state index contributed by atoms with van der Waals surface area (Å²) in [5.74, 6) is -1.42. The number of carboxylic acid groups (broad SMARTS) is 1. The third kappa shape index (κ3) is 8.86. The van der Waals surface area contributed by atoms with Gasteiger partial charge in [-0.3, -0.25) is 14.4 Å². The maximum absolute atomic E-state index is 10.1. The summed E-state index contributed by atoms with van der Waals surface area (Å²) in [4.78, 5) is 24.7. The van der Waals surface area contributed by atoms with Gasteiger partial charge in [0, 0.05) is 13.0 Å². The van der Waals surface area contributed by atoms with Crippen LogP contribution in [0.1, 0.15) is 12.8 Å². The van der Waals surface area contributed by atoms with Crippen molar-refractivity contribution in [2.75, 3.05) is 13.2 Å². The Kier molecular flexibility index (Phi) is 5.94. The first-order valence-corrected chi connectivity index (χ1v) is 3.47. The Morgan fingerprint density at radius 1 is 1.50 bits per heavy atom. The van der Waals surface area contributed by atoms with Crippen LogP contribution in [0.25, 0.3) is 0 Å². The zero-order valence-corrected chi connectivity index (χ0v) is 6.58. The van der Waals surface area contributed by atoms with Gasteiger partial charge < -0.3 is 10.8 Å². The third-order valence-corrected chi connectivity index (χ3v) is 0.986.